The molecule has 1 aromatic rings. The van der Waals surface area contributed by atoms with Crippen LogP contribution in [-0.2, 0) is 9.63 Å². The number of aliphatic hydroxyl groups is 1. The van der Waals surface area contributed by atoms with Crippen molar-refractivity contribution in [2.24, 2.45) is 0 Å². The Labute approximate surface area is 200 Å². The molecular weight excluding hydrogens is 410 g/mol. The number of pyridine rings is 1. The molecule has 11 heteroatoms. The maximum absolute atomic E-state index is 11.3. The van der Waals surface area contributed by atoms with Crippen molar-refractivity contribution in [3.8, 4) is 0 Å². The number of carbonyl (C=O) groups excluding carboxylic acids is 1. The Bertz CT molecular complexity index is 576. The molecule has 1 unspecified atom stereocenters. The summed E-state index contributed by atoms with van der Waals surface area (Å²) in [6, 6.07) is 3.22. The number of aliphatic carboxylic acids is 1. The molecule has 1 heterocycles. The van der Waals surface area contributed by atoms with Crippen molar-refractivity contribution in [2.75, 3.05) is 13.2 Å². The molecule has 0 radical (unpaired) electrons. The maximum atomic E-state index is 11.3. The maximum Gasteiger partial charge on any atom is 2.00 e. The van der Waals surface area contributed by atoms with Gasteiger partial charge in [-0.3, -0.25) is 14.6 Å². The van der Waals surface area contributed by atoms with Crippen molar-refractivity contribution in [2.45, 2.75) is 58.0 Å². The fourth-order valence-corrected chi connectivity index (χ4v) is 2.15. The molecule has 0 aliphatic carbocycles. The van der Waals surface area contributed by atoms with Gasteiger partial charge >= 0.3 is 43.7 Å². The summed E-state index contributed by atoms with van der Waals surface area (Å²) >= 11 is 0. The topological polar surface area (TPSA) is 152 Å². The van der Waals surface area contributed by atoms with Crippen molar-refractivity contribution in [1.82, 2.24) is 10.3 Å². The number of hydrogen-bond acceptors (Lipinski definition) is 7. The third kappa shape index (κ3) is 19.6. The van der Waals surface area contributed by atoms with Crippen molar-refractivity contribution < 1.29 is 29.7 Å². The molecule has 1 amide bonds. The van der Waals surface area contributed by atoms with Gasteiger partial charge in [-0.15, -0.1) is 10.1 Å². The number of carboxylic acids is 1. The van der Waals surface area contributed by atoms with Crippen LogP contribution in [0, 0.1) is 10.1 Å². The van der Waals surface area contributed by atoms with Crippen molar-refractivity contribution in [1.29, 1.82) is 0 Å². The number of amides is 1. The van der Waals surface area contributed by atoms with Crippen molar-refractivity contribution >= 4 is 49.6 Å². The second kappa shape index (κ2) is 19.8. The number of unbranched alkanes of at least 4 members (excludes halogenated alkanes) is 2. The van der Waals surface area contributed by atoms with Crippen LogP contribution in [0.4, 0.5) is 0 Å². The number of carboxylic acid groups (broad SMARTS) is 1. The summed E-state index contributed by atoms with van der Waals surface area (Å²) in [4.78, 5) is 39.0. The molecule has 0 saturated carbocycles. The van der Waals surface area contributed by atoms with Crippen molar-refractivity contribution in [3.05, 3.63) is 40.2 Å². The van der Waals surface area contributed by atoms with Crippen molar-refractivity contribution in [3.63, 3.8) is 0 Å². The molecule has 0 bridgehead atoms. The van der Waals surface area contributed by atoms with E-state index in [0.717, 1.165) is 25.7 Å². The molecule has 158 valence electrons. The molecule has 3 N–H and O–H groups in total. The van der Waals surface area contributed by atoms with Gasteiger partial charge in [-0.2, -0.15) is 0 Å². The van der Waals surface area contributed by atoms with Gasteiger partial charge in [0.1, 0.15) is 6.61 Å². The molecule has 1 atom stereocenters. The van der Waals surface area contributed by atoms with Gasteiger partial charge in [0.25, 0.3) is 11.0 Å². The molecule has 0 spiro atoms. The quantitative estimate of drug-likeness (QED) is 0.182. The molecule has 10 nitrogen and oxygen atoms in total. The van der Waals surface area contributed by atoms with Gasteiger partial charge in [-0.1, -0.05) is 26.2 Å². The number of nitrogens with one attached hydrogen (secondary N) is 1. The van der Waals surface area contributed by atoms with E-state index in [1.807, 2.05) is 0 Å². The van der Waals surface area contributed by atoms with Crippen LogP contribution in [0.3, 0.4) is 0 Å². The number of aliphatic hydroxyl groups excluding tert-OH is 1. The Kier molecular flexibility index (Phi) is 20.3. The van der Waals surface area contributed by atoms with Crippen LogP contribution in [0.1, 0.15) is 62.2 Å². The van der Waals surface area contributed by atoms with Crippen LogP contribution in [0.15, 0.2) is 24.5 Å². The Morgan fingerprint density at radius 1 is 1.31 bits per heavy atom. The normalized spacial score (nSPS) is 10.6. The Hall–Kier alpha value is -1.49. The zero-order valence-electron chi connectivity index (χ0n) is 16.8. The Balaban J connectivity index is 0. The number of nitrogens with zero attached hydrogens (tertiary/aromatic N) is 2. The number of carbonyl (C=O) groups is 2. The predicted molar refractivity (Wildman–Crippen MR) is 107 cm³/mol. The summed E-state index contributed by atoms with van der Waals surface area (Å²) in [6.07, 6.45) is 8.20. The van der Waals surface area contributed by atoms with Gasteiger partial charge in [0.15, 0.2) is 0 Å². The fraction of sp³-hybridized carbons (Fsp3) is 0.611. The fourth-order valence-electron chi connectivity index (χ4n) is 2.15. The third-order valence-corrected chi connectivity index (χ3v) is 3.58. The molecular formula is C18H29CaN3O7+2. The second-order valence-electron chi connectivity index (χ2n) is 5.99. The van der Waals surface area contributed by atoms with E-state index in [4.69, 9.17) is 5.11 Å². The number of rotatable bonds is 13. The van der Waals surface area contributed by atoms with E-state index in [2.05, 4.69) is 22.1 Å². The summed E-state index contributed by atoms with van der Waals surface area (Å²) in [5.74, 6) is -1.11. The summed E-state index contributed by atoms with van der Waals surface area (Å²) in [7, 11) is 0. The van der Waals surface area contributed by atoms with Crippen LogP contribution in [0.2, 0.25) is 0 Å². The predicted octanol–water partition coefficient (Wildman–Crippen LogP) is 1.82. The minimum Gasteiger partial charge on any atom is -0.481 e. The van der Waals surface area contributed by atoms with Gasteiger partial charge in [0.05, 0.1) is 11.7 Å². The van der Waals surface area contributed by atoms with Gasteiger partial charge in [0, 0.05) is 25.4 Å². The molecule has 0 aliphatic rings. The first-order chi connectivity index (χ1) is 13.4. The first-order valence-electron chi connectivity index (χ1n) is 9.22. The first-order valence-corrected chi connectivity index (χ1v) is 9.22. The largest absolute Gasteiger partial charge is 2.00 e. The zero-order chi connectivity index (χ0) is 21.2. The van der Waals surface area contributed by atoms with Crippen LogP contribution in [0.25, 0.3) is 0 Å². The van der Waals surface area contributed by atoms with Gasteiger partial charge < -0.3 is 20.4 Å². The molecule has 0 aromatic carbocycles. The van der Waals surface area contributed by atoms with E-state index in [9.17, 15) is 24.8 Å². The van der Waals surface area contributed by atoms with E-state index in [0.29, 0.717) is 18.4 Å². The van der Waals surface area contributed by atoms with E-state index >= 15 is 0 Å². The van der Waals surface area contributed by atoms with E-state index < -0.39 is 11.1 Å². The van der Waals surface area contributed by atoms with Gasteiger partial charge in [-0.25, -0.2) is 0 Å². The van der Waals surface area contributed by atoms with E-state index in [1.165, 1.54) is 6.20 Å². The van der Waals surface area contributed by atoms with Crippen LogP contribution in [-0.4, -0.2) is 89.2 Å². The third-order valence-electron chi connectivity index (χ3n) is 3.58. The molecule has 0 saturated heterocycles. The standard InChI is InChI=1S/C10H20O3.C8H9N3O4.Ca/c1-2-3-4-6-9(11)7-5-8-10(12)13;12-8(7-2-1-3-9-6-7)10-4-5-15-11(13)14;/h9,11H,2-8H2,1H3,(H,12,13);1-3,6H,4-5H2,(H,10,12);/q;;+2. The molecule has 0 aliphatic heterocycles. The summed E-state index contributed by atoms with van der Waals surface area (Å²) < 4.78 is 0. The Morgan fingerprint density at radius 3 is 2.55 bits per heavy atom. The van der Waals surface area contributed by atoms with Crippen LogP contribution < -0.4 is 5.32 Å². The molecule has 0 fully saturated rings. The second-order valence-corrected chi connectivity index (χ2v) is 5.99. The molecule has 1 rings (SSSR count). The van der Waals surface area contributed by atoms with Gasteiger partial charge in [0.2, 0.25) is 0 Å². The smallest absolute Gasteiger partial charge is 0.481 e. The monoisotopic (exact) mass is 439 g/mol. The summed E-state index contributed by atoms with van der Waals surface area (Å²) in [5, 5.41) is 29.1. The average molecular weight is 440 g/mol. The molecule has 1 aromatic heterocycles. The number of hydrogen-bond donors (Lipinski definition) is 3. The minimum absolute atomic E-state index is 0. The van der Waals surface area contributed by atoms with E-state index in [1.54, 1.807) is 18.3 Å². The minimum atomic E-state index is -0.907. The summed E-state index contributed by atoms with van der Waals surface area (Å²) in [6.45, 7) is 2.03. The number of aromatic nitrogens is 1. The van der Waals surface area contributed by atoms with Crippen LogP contribution >= 0.6 is 0 Å². The van der Waals surface area contributed by atoms with Crippen LogP contribution in [0.5, 0.6) is 0 Å². The Morgan fingerprint density at radius 2 is 2.00 bits per heavy atom. The average Bonchev–Trinajstić information content (AvgIpc) is 2.66. The molecule has 29 heavy (non-hydrogen) atoms. The summed E-state index contributed by atoms with van der Waals surface area (Å²) in [5.41, 5.74) is 0.401. The zero-order valence-corrected chi connectivity index (χ0v) is 19.0. The van der Waals surface area contributed by atoms with E-state index in [-0.39, 0.29) is 69.3 Å². The SMILES string of the molecule is CCCCCC(O)CCCC(=O)O.O=C(NCCO[N+](=O)[O-])c1cccnc1.[Ca+2]. The first kappa shape index (κ1) is 29.7. The van der Waals surface area contributed by atoms with Gasteiger partial charge in [-0.05, 0) is 31.4 Å².